The number of benzene rings is 1. The van der Waals surface area contributed by atoms with Gasteiger partial charge in [-0.1, -0.05) is 0 Å². The fraction of sp³-hybridized carbons (Fsp3) is 0.533. The van der Waals surface area contributed by atoms with Gasteiger partial charge in [0.1, 0.15) is 5.82 Å². The van der Waals surface area contributed by atoms with Crippen molar-refractivity contribution in [3.05, 3.63) is 29.6 Å². The van der Waals surface area contributed by atoms with E-state index in [1.807, 2.05) is 0 Å². The smallest absolute Gasteiger partial charge is 0.233 e. The summed E-state index contributed by atoms with van der Waals surface area (Å²) >= 11 is 0. The molecule has 1 amide bonds. The number of rotatable bonds is 4. The monoisotopic (exact) mass is 316 g/mol. The Morgan fingerprint density at radius 2 is 2.10 bits per heavy atom. The third kappa shape index (κ3) is 4.15. The molecule has 1 heterocycles. The minimum absolute atomic E-state index is 0. The van der Waals surface area contributed by atoms with Crippen LogP contribution in [0.1, 0.15) is 18.4 Å². The molecule has 118 valence electrons. The first kappa shape index (κ1) is 17.9. The van der Waals surface area contributed by atoms with Crippen LogP contribution >= 0.6 is 12.4 Å². The number of nitrogens with one attached hydrogen (secondary N) is 2. The van der Waals surface area contributed by atoms with Crippen molar-refractivity contribution >= 4 is 24.0 Å². The van der Waals surface area contributed by atoms with Crippen LogP contribution in [0.2, 0.25) is 0 Å². The van der Waals surface area contributed by atoms with E-state index in [1.54, 1.807) is 20.1 Å². The predicted molar refractivity (Wildman–Crippen MR) is 83.4 cm³/mol. The van der Waals surface area contributed by atoms with Crippen molar-refractivity contribution in [2.75, 3.05) is 32.1 Å². The Morgan fingerprint density at radius 1 is 1.43 bits per heavy atom. The van der Waals surface area contributed by atoms with Gasteiger partial charge >= 0.3 is 0 Å². The number of carbonyl (C=O) groups is 1. The zero-order chi connectivity index (χ0) is 14.6. The second-order valence-corrected chi connectivity index (χ2v) is 5.38. The molecule has 1 saturated heterocycles. The molecule has 1 aliphatic rings. The maximum Gasteiger partial charge on any atom is 0.233 e. The average molecular weight is 317 g/mol. The van der Waals surface area contributed by atoms with Gasteiger partial charge in [-0.05, 0) is 56.6 Å². The Balaban J connectivity index is 0.00000220. The van der Waals surface area contributed by atoms with Crippen LogP contribution in [0.4, 0.5) is 10.1 Å². The van der Waals surface area contributed by atoms with Crippen LogP contribution in [0.25, 0.3) is 0 Å². The van der Waals surface area contributed by atoms with Crippen molar-refractivity contribution in [1.82, 2.24) is 5.32 Å². The van der Waals surface area contributed by atoms with Gasteiger partial charge in [0.05, 0.1) is 12.0 Å². The van der Waals surface area contributed by atoms with Crippen molar-refractivity contribution in [3.8, 4) is 0 Å². The molecule has 2 rings (SSSR count). The Labute approximate surface area is 130 Å². The van der Waals surface area contributed by atoms with Gasteiger partial charge in [0.25, 0.3) is 0 Å². The van der Waals surface area contributed by atoms with E-state index in [0.29, 0.717) is 12.3 Å². The number of hydrogen-bond acceptors (Lipinski definition) is 3. The topological polar surface area (TPSA) is 50.4 Å². The largest absolute Gasteiger partial charge is 0.384 e. The van der Waals surface area contributed by atoms with Crippen molar-refractivity contribution in [1.29, 1.82) is 0 Å². The summed E-state index contributed by atoms with van der Waals surface area (Å²) in [5, 5.41) is 6.17. The summed E-state index contributed by atoms with van der Waals surface area (Å²) in [6.07, 6.45) is 1.49. The highest BCUT2D eigenvalue weighted by Gasteiger charge is 2.39. The lowest BCUT2D eigenvalue weighted by molar-refractivity contribution is -0.130. The molecule has 4 nitrogen and oxygen atoms in total. The van der Waals surface area contributed by atoms with Crippen LogP contribution in [0.15, 0.2) is 18.2 Å². The first-order chi connectivity index (χ1) is 9.57. The summed E-state index contributed by atoms with van der Waals surface area (Å²) in [4.78, 5) is 12.6. The van der Waals surface area contributed by atoms with E-state index in [0.717, 1.165) is 31.5 Å². The summed E-state index contributed by atoms with van der Waals surface area (Å²) in [6.45, 7) is 3.79. The maximum absolute atomic E-state index is 13.1. The molecule has 1 aliphatic heterocycles. The molecule has 2 N–H and O–H groups in total. The average Bonchev–Trinajstić information content (AvgIpc) is 2.43. The molecule has 0 aliphatic carbocycles. The molecule has 1 fully saturated rings. The lowest BCUT2D eigenvalue weighted by atomic mass is 9.78. The van der Waals surface area contributed by atoms with Gasteiger partial charge < -0.3 is 15.4 Å². The molecule has 0 unspecified atom stereocenters. The molecule has 21 heavy (non-hydrogen) atoms. The minimum Gasteiger partial charge on any atom is -0.384 e. The van der Waals surface area contributed by atoms with Crippen LogP contribution in [-0.2, 0) is 9.53 Å². The molecule has 0 saturated carbocycles. The number of hydrogen-bond donors (Lipinski definition) is 2. The highest BCUT2D eigenvalue weighted by Crippen LogP contribution is 2.31. The number of methoxy groups -OCH3 is 1. The Hall–Kier alpha value is -1.17. The van der Waals surface area contributed by atoms with E-state index in [2.05, 4.69) is 10.6 Å². The third-order valence-corrected chi connectivity index (χ3v) is 3.90. The Kier molecular flexibility index (Phi) is 6.58. The molecule has 0 atom stereocenters. The zero-order valence-electron chi connectivity index (χ0n) is 12.4. The van der Waals surface area contributed by atoms with E-state index in [4.69, 9.17) is 4.74 Å². The predicted octanol–water partition coefficient (Wildman–Crippen LogP) is 2.51. The third-order valence-electron chi connectivity index (χ3n) is 3.90. The zero-order valence-corrected chi connectivity index (χ0v) is 13.2. The van der Waals surface area contributed by atoms with Crippen LogP contribution in [-0.4, -0.2) is 32.7 Å². The molecule has 6 heteroatoms. The normalized spacial score (nSPS) is 16.9. The number of halogens is 2. The van der Waals surface area contributed by atoms with E-state index in [9.17, 15) is 9.18 Å². The van der Waals surface area contributed by atoms with Gasteiger partial charge in [-0.2, -0.15) is 0 Å². The number of piperidine rings is 1. The maximum atomic E-state index is 13.1. The molecule has 1 aromatic carbocycles. The van der Waals surface area contributed by atoms with E-state index in [-0.39, 0.29) is 24.1 Å². The molecule has 0 bridgehead atoms. The SMILES string of the molecule is COCC1(C(=O)Nc2ccc(F)cc2C)CCNCC1.Cl. The van der Waals surface area contributed by atoms with Crippen LogP contribution in [0.3, 0.4) is 0 Å². The molecule has 0 aromatic heterocycles. The summed E-state index contributed by atoms with van der Waals surface area (Å²) in [5.41, 5.74) is 0.881. The second kappa shape index (κ2) is 7.73. The Bertz CT molecular complexity index is 485. The summed E-state index contributed by atoms with van der Waals surface area (Å²) in [5.74, 6) is -0.343. The number of ether oxygens (including phenoxy) is 1. The number of anilines is 1. The highest BCUT2D eigenvalue weighted by atomic mass is 35.5. The van der Waals surface area contributed by atoms with Gasteiger partial charge in [0, 0.05) is 12.8 Å². The molecule has 1 aromatic rings. The van der Waals surface area contributed by atoms with Gasteiger partial charge in [-0.3, -0.25) is 4.79 Å². The number of carbonyl (C=O) groups excluding carboxylic acids is 1. The van der Waals surface area contributed by atoms with Crippen molar-refractivity contribution < 1.29 is 13.9 Å². The minimum atomic E-state index is -0.499. The van der Waals surface area contributed by atoms with Crippen LogP contribution in [0.5, 0.6) is 0 Å². The lowest BCUT2D eigenvalue weighted by Gasteiger charge is -2.35. The van der Waals surface area contributed by atoms with Gasteiger partial charge in [0.15, 0.2) is 0 Å². The molecule has 0 radical (unpaired) electrons. The van der Waals surface area contributed by atoms with Crippen molar-refractivity contribution in [2.45, 2.75) is 19.8 Å². The quantitative estimate of drug-likeness (QED) is 0.897. The number of amides is 1. The van der Waals surface area contributed by atoms with Gasteiger partial charge in [-0.25, -0.2) is 4.39 Å². The second-order valence-electron chi connectivity index (χ2n) is 5.38. The van der Waals surface area contributed by atoms with Crippen molar-refractivity contribution in [2.24, 2.45) is 5.41 Å². The fourth-order valence-corrected chi connectivity index (χ4v) is 2.64. The molecular weight excluding hydrogens is 295 g/mol. The molecule has 0 spiro atoms. The first-order valence-electron chi connectivity index (χ1n) is 6.85. The van der Waals surface area contributed by atoms with Gasteiger partial charge in [0.2, 0.25) is 5.91 Å². The van der Waals surface area contributed by atoms with E-state index >= 15 is 0 Å². The summed E-state index contributed by atoms with van der Waals surface area (Å²) in [6, 6.07) is 4.37. The molecular formula is C15H22ClFN2O2. The lowest BCUT2D eigenvalue weighted by Crippen LogP contribution is -2.47. The van der Waals surface area contributed by atoms with Crippen molar-refractivity contribution in [3.63, 3.8) is 0 Å². The fourth-order valence-electron chi connectivity index (χ4n) is 2.64. The Morgan fingerprint density at radius 3 is 2.67 bits per heavy atom. The van der Waals surface area contributed by atoms with Gasteiger partial charge in [-0.15, -0.1) is 12.4 Å². The standard InChI is InChI=1S/C15H21FN2O2.ClH/c1-11-9-12(16)3-4-13(11)18-14(19)15(10-20-2)5-7-17-8-6-15;/h3-4,9,17H,5-8,10H2,1-2H3,(H,18,19);1H. The van der Waals surface area contributed by atoms with Crippen LogP contribution < -0.4 is 10.6 Å². The first-order valence-corrected chi connectivity index (χ1v) is 6.85. The van der Waals surface area contributed by atoms with E-state index in [1.165, 1.54) is 12.1 Å². The number of aryl methyl sites for hydroxylation is 1. The summed E-state index contributed by atoms with van der Waals surface area (Å²) < 4.78 is 18.3. The van der Waals surface area contributed by atoms with Crippen LogP contribution in [0, 0.1) is 18.2 Å². The summed E-state index contributed by atoms with van der Waals surface area (Å²) in [7, 11) is 1.61. The highest BCUT2D eigenvalue weighted by molar-refractivity contribution is 5.96. The van der Waals surface area contributed by atoms with E-state index < -0.39 is 5.41 Å².